The molecule has 0 bridgehead atoms. The van der Waals surface area contributed by atoms with Crippen LogP contribution in [-0.2, 0) is 19.1 Å². The Hall–Kier alpha value is -4.31. The molecule has 10 nitrogen and oxygen atoms in total. The van der Waals surface area contributed by atoms with Gasteiger partial charge in [0, 0.05) is 43.4 Å². The number of hydrogen-bond donors (Lipinski definition) is 0. The minimum Gasteiger partial charge on any atom is -0.453 e. The van der Waals surface area contributed by atoms with Crippen LogP contribution in [0.1, 0.15) is 24.8 Å². The second-order valence-electron chi connectivity index (χ2n) is 11.6. The van der Waals surface area contributed by atoms with E-state index in [9.17, 15) is 14.4 Å². The van der Waals surface area contributed by atoms with E-state index in [1.54, 1.807) is 11.1 Å². The number of methoxy groups -OCH3 is 1. The molecule has 4 aliphatic rings. The van der Waals surface area contributed by atoms with Crippen LogP contribution in [0.25, 0.3) is 22.0 Å². The third-order valence-electron chi connectivity index (χ3n) is 8.88. The van der Waals surface area contributed by atoms with Crippen LogP contribution < -0.4 is 0 Å². The summed E-state index contributed by atoms with van der Waals surface area (Å²) in [5.74, 6) is 0.687. The topological polar surface area (TPSA) is 105 Å². The molecule has 1 spiro atoms. The number of benzene rings is 2. The molecule has 2 atom stereocenters. The van der Waals surface area contributed by atoms with Crippen molar-refractivity contribution in [2.75, 3.05) is 46.4 Å². The molecular formula is C32H33N5O5. The van der Waals surface area contributed by atoms with Crippen molar-refractivity contribution in [2.45, 2.75) is 30.9 Å². The molecule has 3 aromatic rings. The average molecular weight is 568 g/mol. The number of nitrogens with zero attached hydrogens (tertiary/aromatic N) is 5. The Labute approximate surface area is 243 Å². The van der Waals surface area contributed by atoms with Crippen LogP contribution in [-0.4, -0.2) is 102 Å². The number of aromatic nitrogens is 1. The molecule has 0 unspecified atom stereocenters. The van der Waals surface area contributed by atoms with Crippen molar-refractivity contribution in [3.8, 4) is 11.1 Å². The Kier molecular flexibility index (Phi) is 6.65. The van der Waals surface area contributed by atoms with Gasteiger partial charge in [-0.3, -0.25) is 19.5 Å². The summed E-state index contributed by atoms with van der Waals surface area (Å²) in [7, 11) is 1.34. The van der Waals surface area contributed by atoms with E-state index in [2.05, 4.69) is 23.2 Å². The number of ether oxygens (including phenoxy) is 2. The SMILES string of the molecule is COC(=O)N1CC2(C1)N=C(c1ccc(-c3ccc4cccnc4c3)cc1)N(C[C@@H]1CCN(C(=O)[C@H]3CCCO3)C1)C2=O. The van der Waals surface area contributed by atoms with Crippen molar-refractivity contribution < 1.29 is 23.9 Å². The number of rotatable bonds is 5. The standard InChI is InChI=1S/C32H33N5O5/c1-41-31(40)36-19-32(20-36)30(39)37(18-21-12-14-35(17-21)29(38)27-5-3-15-42-27)28(34-32)24-9-6-22(7-10-24)25-11-8-23-4-2-13-33-26(23)16-25/h2,4,6-11,13,16,21,27H,3,5,12,14-15,17-20H2,1H3/t21-,27-/m1/s1. The van der Waals surface area contributed by atoms with Gasteiger partial charge in [-0.1, -0.05) is 42.5 Å². The number of pyridine rings is 1. The summed E-state index contributed by atoms with van der Waals surface area (Å²) in [6.07, 6.45) is 3.49. The lowest BCUT2D eigenvalue weighted by atomic mass is 9.90. The van der Waals surface area contributed by atoms with E-state index in [-0.39, 0.29) is 36.9 Å². The molecule has 1 aromatic heterocycles. The van der Waals surface area contributed by atoms with Crippen molar-refractivity contribution in [1.29, 1.82) is 0 Å². The molecule has 3 amide bonds. The van der Waals surface area contributed by atoms with Gasteiger partial charge >= 0.3 is 6.09 Å². The van der Waals surface area contributed by atoms with Gasteiger partial charge in [-0.2, -0.15) is 0 Å². The highest BCUT2D eigenvalue weighted by molar-refractivity contribution is 6.16. The highest BCUT2D eigenvalue weighted by Crippen LogP contribution is 2.36. The van der Waals surface area contributed by atoms with Gasteiger partial charge in [-0.15, -0.1) is 0 Å². The number of hydrogen-bond acceptors (Lipinski definition) is 7. The van der Waals surface area contributed by atoms with E-state index in [4.69, 9.17) is 14.5 Å². The van der Waals surface area contributed by atoms with Crippen molar-refractivity contribution >= 4 is 34.6 Å². The maximum absolute atomic E-state index is 13.9. The number of carbonyl (C=O) groups excluding carboxylic acids is 3. The lowest BCUT2D eigenvalue weighted by Crippen LogP contribution is -2.66. The highest BCUT2D eigenvalue weighted by Gasteiger charge is 2.58. The van der Waals surface area contributed by atoms with E-state index in [1.165, 1.54) is 12.0 Å². The van der Waals surface area contributed by atoms with E-state index in [0.29, 0.717) is 32.1 Å². The molecule has 216 valence electrons. The van der Waals surface area contributed by atoms with Crippen molar-refractivity contribution in [1.82, 2.24) is 19.7 Å². The normalized spacial score (nSPS) is 23.0. The molecule has 0 saturated carbocycles. The van der Waals surface area contributed by atoms with Gasteiger partial charge in [0.1, 0.15) is 11.9 Å². The Morgan fingerprint density at radius 2 is 1.81 bits per heavy atom. The van der Waals surface area contributed by atoms with Crippen molar-refractivity contribution in [3.63, 3.8) is 0 Å². The number of fused-ring (bicyclic) bond motifs is 1. The number of likely N-dealkylation sites (tertiary alicyclic amines) is 2. The van der Waals surface area contributed by atoms with Crippen LogP contribution in [0.15, 0.2) is 65.8 Å². The Morgan fingerprint density at radius 1 is 1.02 bits per heavy atom. The van der Waals surface area contributed by atoms with Crippen LogP contribution in [0.4, 0.5) is 4.79 Å². The largest absolute Gasteiger partial charge is 0.453 e. The van der Waals surface area contributed by atoms with Gasteiger partial charge in [0.2, 0.25) is 0 Å². The molecule has 3 fully saturated rings. The summed E-state index contributed by atoms with van der Waals surface area (Å²) in [4.78, 5) is 53.5. The number of carbonyl (C=O) groups is 3. The van der Waals surface area contributed by atoms with Gasteiger partial charge in [0.25, 0.3) is 11.8 Å². The summed E-state index contributed by atoms with van der Waals surface area (Å²) in [5.41, 5.74) is 2.86. The molecule has 5 heterocycles. The zero-order chi connectivity index (χ0) is 28.8. The summed E-state index contributed by atoms with van der Waals surface area (Å²) in [6.45, 7) is 2.73. The van der Waals surface area contributed by atoms with Gasteiger partial charge in [-0.25, -0.2) is 9.79 Å². The number of amides is 3. The molecule has 7 rings (SSSR count). The molecular weight excluding hydrogens is 534 g/mol. The van der Waals surface area contributed by atoms with Gasteiger partial charge in [-0.05, 0) is 48.4 Å². The fourth-order valence-corrected chi connectivity index (χ4v) is 6.57. The third kappa shape index (κ3) is 4.59. The van der Waals surface area contributed by atoms with Crippen LogP contribution in [0, 0.1) is 5.92 Å². The zero-order valence-electron chi connectivity index (χ0n) is 23.6. The second-order valence-corrected chi connectivity index (χ2v) is 11.6. The van der Waals surface area contributed by atoms with Crippen LogP contribution in [0.3, 0.4) is 0 Å². The van der Waals surface area contributed by atoms with Gasteiger partial charge < -0.3 is 19.3 Å². The first-order valence-electron chi connectivity index (χ1n) is 14.5. The zero-order valence-corrected chi connectivity index (χ0v) is 23.6. The minimum atomic E-state index is -1.00. The Morgan fingerprint density at radius 3 is 2.57 bits per heavy atom. The Bertz CT molecular complexity index is 1580. The number of amidine groups is 1. The summed E-state index contributed by atoms with van der Waals surface area (Å²) < 4.78 is 10.5. The fraction of sp³-hybridized carbons (Fsp3) is 0.406. The molecule has 3 saturated heterocycles. The predicted molar refractivity (Wildman–Crippen MR) is 156 cm³/mol. The summed E-state index contributed by atoms with van der Waals surface area (Å²) in [5, 5.41) is 1.09. The van der Waals surface area contributed by atoms with Crippen molar-refractivity contribution in [3.05, 3.63) is 66.4 Å². The maximum atomic E-state index is 13.9. The monoisotopic (exact) mass is 567 g/mol. The lowest BCUT2D eigenvalue weighted by molar-refractivity contribution is -0.139. The number of aliphatic imine (C=N–C) groups is 1. The molecule has 0 N–H and O–H groups in total. The van der Waals surface area contributed by atoms with E-state index in [1.807, 2.05) is 41.3 Å². The van der Waals surface area contributed by atoms with Crippen LogP contribution in [0.2, 0.25) is 0 Å². The third-order valence-corrected chi connectivity index (χ3v) is 8.88. The van der Waals surface area contributed by atoms with Gasteiger partial charge in [0.05, 0.1) is 25.7 Å². The molecule has 0 radical (unpaired) electrons. The molecule has 2 aromatic carbocycles. The van der Waals surface area contributed by atoms with Crippen LogP contribution in [0.5, 0.6) is 0 Å². The predicted octanol–water partition coefficient (Wildman–Crippen LogP) is 3.34. The van der Waals surface area contributed by atoms with E-state index in [0.717, 1.165) is 46.9 Å². The average Bonchev–Trinajstić information content (AvgIpc) is 3.77. The van der Waals surface area contributed by atoms with Crippen molar-refractivity contribution in [2.24, 2.45) is 10.9 Å². The quantitative estimate of drug-likeness (QED) is 0.469. The minimum absolute atomic E-state index is 0.0558. The first kappa shape index (κ1) is 26.6. The molecule has 42 heavy (non-hydrogen) atoms. The van der Waals surface area contributed by atoms with Gasteiger partial charge in [0.15, 0.2) is 5.54 Å². The van der Waals surface area contributed by atoms with E-state index < -0.39 is 11.6 Å². The summed E-state index contributed by atoms with van der Waals surface area (Å²) in [6, 6.07) is 18.2. The Balaban J connectivity index is 1.13. The molecule has 10 heteroatoms. The van der Waals surface area contributed by atoms with Crippen LogP contribution >= 0.6 is 0 Å². The fourth-order valence-electron chi connectivity index (χ4n) is 6.57. The second kappa shape index (κ2) is 10.5. The maximum Gasteiger partial charge on any atom is 0.409 e. The van der Waals surface area contributed by atoms with E-state index >= 15 is 0 Å². The molecule has 4 aliphatic heterocycles. The smallest absolute Gasteiger partial charge is 0.409 e. The first-order valence-corrected chi connectivity index (χ1v) is 14.5. The molecule has 0 aliphatic carbocycles. The highest BCUT2D eigenvalue weighted by atomic mass is 16.5. The summed E-state index contributed by atoms with van der Waals surface area (Å²) >= 11 is 0. The first-order chi connectivity index (χ1) is 20.4. The lowest BCUT2D eigenvalue weighted by Gasteiger charge is -2.43.